The summed E-state index contributed by atoms with van der Waals surface area (Å²) >= 11 is 0. The van der Waals surface area contributed by atoms with Gasteiger partial charge in [-0.15, -0.1) is 0 Å². The Bertz CT molecular complexity index is 833. The molecule has 2 aliphatic rings. The molecule has 1 aromatic rings. The maximum absolute atomic E-state index is 12.4. The molecular weight excluding hydrogens is 348 g/mol. The first-order chi connectivity index (χ1) is 12.3. The van der Waals surface area contributed by atoms with Crippen LogP contribution in [0.1, 0.15) is 45.6 Å². The Labute approximate surface area is 156 Å². The molecule has 4 nitrogen and oxygen atoms in total. The monoisotopic (exact) mass is 376 g/mol. The van der Waals surface area contributed by atoms with E-state index in [9.17, 15) is 13.5 Å². The molecule has 2 atom stereocenters. The van der Waals surface area contributed by atoms with E-state index in [1.165, 1.54) is 5.57 Å². The number of allylic oxidation sites excluding steroid dienone is 1. The Morgan fingerprint density at radius 3 is 2.73 bits per heavy atom. The molecule has 3 rings (SSSR count). The zero-order valence-corrected chi connectivity index (χ0v) is 16.6. The molecule has 0 amide bonds. The van der Waals surface area contributed by atoms with Crippen LogP contribution in [0.4, 0.5) is 0 Å². The SMILES string of the molecule is CC/C(=C\c1ccccc1O)CC[C@H]1OC[C@H]2C1=C(C(C)C)CS2(=O)=O. The van der Waals surface area contributed by atoms with Crippen molar-refractivity contribution in [3.05, 3.63) is 46.5 Å². The summed E-state index contributed by atoms with van der Waals surface area (Å²) in [5.74, 6) is 0.706. The van der Waals surface area contributed by atoms with Crippen LogP contribution in [-0.2, 0) is 14.6 Å². The number of ether oxygens (including phenoxy) is 1. The van der Waals surface area contributed by atoms with E-state index in [0.29, 0.717) is 6.61 Å². The fourth-order valence-electron chi connectivity index (χ4n) is 3.94. The molecule has 5 heteroatoms. The predicted octanol–water partition coefficient (Wildman–Crippen LogP) is 4.11. The first kappa shape index (κ1) is 19.2. The van der Waals surface area contributed by atoms with Crippen molar-refractivity contribution in [3.63, 3.8) is 0 Å². The van der Waals surface area contributed by atoms with Gasteiger partial charge >= 0.3 is 0 Å². The number of phenols is 1. The Kier molecular flexibility index (Phi) is 5.58. The van der Waals surface area contributed by atoms with Crippen LogP contribution in [0.2, 0.25) is 0 Å². The molecule has 0 aliphatic carbocycles. The van der Waals surface area contributed by atoms with Crippen molar-refractivity contribution in [2.75, 3.05) is 12.4 Å². The van der Waals surface area contributed by atoms with Crippen LogP contribution in [0.25, 0.3) is 6.08 Å². The first-order valence-corrected chi connectivity index (χ1v) is 11.1. The lowest BCUT2D eigenvalue weighted by Crippen LogP contribution is -2.19. The molecule has 0 unspecified atom stereocenters. The third kappa shape index (κ3) is 3.74. The summed E-state index contributed by atoms with van der Waals surface area (Å²) in [4.78, 5) is 0. The zero-order chi connectivity index (χ0) is 18.9. The molecule has 0 aromatic heterocycles. The minimum absolute atomic E-state index is 0.103. The van der Waals surface area contributed by atoms with Gasteiger partial charge in [-0.1, -0.05) is 50.6 Å². The number of benzene rings is 1. The standard InChI is InChI=1S/C21H28O4S/c1-4-15(11-16-7-5-6-8-18(16)22)9-10-19-21-17(14(2)3)13-26(23,24)20(21)12-25-19/h5-8,11,14,19-20,22H,4,9-10,12-13H2,1-3H3/b15-11+/t19-,20+/m1/s1. The fourth-order valence-corrected chi connectivity index (χ4v) is 6.05. The lowest BCUT2D eigenvalue weighted by molar-refractivity contribution is 0.117. The highest BCUT2D eigenvalue weighted by molar-refractivity contribution is 7.92. The summed E-state index contributed by atoms with van der Waals surface area (Å²) in [5, 5.41) is 9.53. The summed E-state index contributed by atoms with van der Waals surface area (Å²) < 4.78 is 30.7. The number of hydrogen-bond acceptors (Lipinski definition) is 4. The molecule has 142 valence electrons. The number of rotatable bonds is 6. The van der Waals surface area contributed by atoms with Gasteiger partial charge in [-0.25, -0.2) is 8.42 Å². The highest BCUT2D eigenvalue weighted by Crippen LogP contribution is 2.41. The van der Waals surface area contributed by atoms with Crippen molar-refractivity contribution in [1.29, 1.82) is 0 Å². The van der Waals surface area contributed by atoms with E-state index < -0.39 is 15.1 Å². The van der Waals surface area contributed by atoms with E-state index in [4.69, 9.17) is 4.74 Å². The number of fused-ring (bicyclic) bond motifs is 1. The Hall–Kier alpha value is -1.59. The van der Waals surface area contributed by atoms with Crippen molar-refractivity contribution in [2.24, 2.45) is 5.92 Å². The van der Waals surface area contributed by atoms with Gasteiger partial charge in [0.25, 0.3) is 0 Å². The molecule has 1 saturated heterocycles. The van der Waals surface area contributed by atoms with Crippen molar-refractivity contribution in [1.82, 2.24) is 0 Å². The number of phenolic OH excluding ortho intramolecular Hbond substituents is 1. The first-order valence-electron chi connectivity index (χ1n) is 9.37. The maximum atomic E-state index is 12.4. The smallest absolute Gasteiger partial charge is 0.163 e. The van der Waals surface area contributed by atoms with Crippen LogP contribution in [0.15, 0.2) is 41.0 Å². The van der Waals surface area contributed by atoms with Gasteiger partial charge in [0.2, 0.25) is 0 Å². The normalized spacial score (nSPS) is 25.2. The average molecular weight is 377 g/mol. The quantitative estimate of drug-likeness (QED) is 0.759. The topological polar surface area (TPSA) is 63.6 Å². The zero-order valence-electron chi connectivity index (χ0n) is 15.7. The van der Waals surface area contributed by atoms with Gasteiger partial charge in [-0.3, -0.25) is 0 Å². The van der Waals surface area contributed by atoms with E-state index in [0.717, 1.165) is 36.0 Å². The highest BCUT2D eigenvalue weighted by atomic mass is 32.2. The van der Waals surface area contributed by atoms with Gasteiger partial charge < -0.3 is 9.84 Å². The van der Waals surface area contributed by atoms with Gasteiger partial charge in [-0.05, 0) is 42.4 Å². The second-order valence-electron chi connectivity index (χ2n) is 7.51. The Morgan fingerprint density at radius 1 is 1.35 bits per heavy atom. The summed E-state index contributed by atoms with van der Waals surface area (Å²) in [6.07, 6.45) is 4.43. The van der Waals surface area contributed by atoms with Crippen LogP contribution in [-0.4, -0.2) is 37.2 Å². The van der Waals surface area contributed by atoms with Crippen molar-refractivity contribution < 1.29 is 18.3 Å². The molecule has 0 spiro atoms. The van der Waals surface area contributed by atoms with Crippen LogP contribution in [0.3, 0.4) is 0 Å². The molecule has 1 aromatic carbocycles. The highest BCUT2D eigenvalue weighted by Gasteiger charge is 2.47. The molecule has 2 heterocycles. The summed E-state index contributed by atoms with van der Waals surface area (Å²) in [5.41, 5.74) is 4.13. The van der Waals surface area contributed by atoms with Crippen molar-refractivity contribution >= 4 is 15.9 Å². The number of hydrogen-bond donors (Lipinski definition) is 1. The van der Waals surface area contributed by atoms with Crippen LogP contribution in [0.5, 0.6) is 5.75 Å². The number of sulfone groups is 1. The van der Waals surface area contributed by atoms with E-state index in [2.05, 4.69) is 20.8 Å². The number of aromatic hydroxyl groups is 1. The molecule has 2 aliphatic heterocycles. The Balaban J connectivity index is 1.77. The lowest BCUT2D eigenvalue weighted by atomic mass is 9.91. The molecule has 26 heavy (non-hydrogen) atoms. The summed E-state index contributed by atoms with van der Waals surface area (Å²) in [6, 6.07) is 7.31. The molecular formula is C21H28O4S. The summed E-state index contributed by atoms with van der Waals surface area (Å²) in [6.45, 7) is 6.52. The summed E-state index contributed by atoms with van der Waals surface area (Å²) in [7, 11) is -3.10. The van der Waals surface area contributed by atoms with E-state index >= 15 is 0 Å². The molecule has 0 bridgehead atoms. The predicted molar refractivity (Wildman–Crippen MR) is 105 cm³/mol. The fraction of sp³-hybridized carbons (Fsp3) is 0.524. The van der Waals surface area contributed by atoms with Gasteiger partial charge in [0.15, 0.2) is 9.84 Å². The van der Waals surface area contributed by atoms with Crippen molar-refractivity contribution in [3.8, 4) is 5.75 Å². The largest absolute Gasteiger partial charge is 0.507 e. The molecule has 1 fully saturated rings. The van der Waals surface area contributed by atoms with Crippen LogP contribution < -0.4 is 0 Å². The molecule has 1 N–H and O–H groups in total. The van der Waals surface area contributed by atoms with Gasteiger partial charge in [0, 0.05) is 5.56 Å². The minimum Gasteiger partial charge on any atom is -0.507 e. The van der Waals surface area contributed by atoms with Gasteiger partial charge in [0.05, 0.1) is 18.5 Å². The van der Waals surface area contributed by atoms with Gasteiger partial charge in [-0.2, -0.15) is 0 Å². The number of para-hydroxylation sites is 1. The van der Waals surface area contributed by atoms with Crippen molar-refractivity contribution in [2.45, 2.75) is 51.4 Å². The average Bonchev–Trinajstić information content (AvgIpc) is 3.13. The van der Waals surface area contributed by atoms with E-state index in [1.807, 2.05) is 24.3 Å². The Morgan fingerprint density at radius 2 is 2.08 bits per heavy atom. The third-order valence-corrected chi connectivity index (χ3v) is 7.45. The van der Waals surface area contributed by atoms with Gasteiger partial charge in [0.1, 0.15) is 11.0 Å². The second kappa shape index (κ2) is 7.57. The lowest BCUT2D eigenvalue weighted by Gasteiger charge is -2.16. The third-order valence-electron chi connectivity index (χ3n) is 5.48. The molecule has 0 saturated carbocycles. The molecule has 0 radical (unpaired) electrons. The van der Waals surface area contributed by atoms with Crippen LogP contribution in [0, 0.1) is 5.92 Å². The van der Waals surface area contributed by atoms with E-state index in [1.54, 1.807) is 6.07 Å². The second-order valence-corrected chi connectivity index (χ2v) is 9.69. The minimum atomic E-state index is -3.10. The van der Waals surface area contributed by atoms with E-state index in [-0.39, 0.29) is 23.5 Å². The van der Waals surface area contributed by atoms with Crippen LogP contribution >= 0.6 is 0 Å². The maximum Gasteiger partial charge on any atom is 0.163 e.